The maximum Gasteiger partial charge on any atom is 0.221 e. The number of carbonyl (C=O) groups excluding carboxylic acids is 1. The number of rotatable bonds is 4. The Balaban J connectivity index is 2.75. The van der Waals surface area contributed by atoms with E-state index < -0.39 is 0 Å². The minimum absolute atomic E-state index is 0.119. The van der Waals surface area contributed by atoms with Gasteiger partial charge in [-0.05, 0) is 18.6 Å². The van der Waals surface area contributed by atoms with E-state index in [1.54, 1.807) is 23.5 Å². The average Bonchev–Trinajstić information content (AvgIpc) is 2.77. The van der Waals surface area contributed by atoms with Gasteiger partial charge in [-0.15, -0.1) is 11.3 Å². The zero-order chi connectivity index (χ0) is 14.7. The molecule has 0 fully saturated rings. The van der Waals surface area contributed by atoms with Gasteiger partial charge in [-0.1, -0.05) is 37.5 Å². The third-order valence-corrected chi connectivity index (χ3v) is 3.73. The van der Waals surface area contributed by atoms with Crippen molar-refractivity contribution >= 4 is 38.7 Å². The number of nitrogens with zero attached hydrogens (tertiary/aromatic N) is 1. The summed E-state index contributed by atoms with van der Waals surface area (Å²) in [6.45, 7) is 11.0. The Labute approximate surface area is 122 Å². The van der Waals surface area contributed by atoms with Gasteiger partial charge in [0.05, 0.1) is 15.4 Å². The van der Waals surface area contributed by atoms with Crippen molar-refractivity contribution in [1.29, 1.82) is 0 Å². The molecule has 0 spiro atoms. The van der Waals surface area contributed by atoms with Gasteiger partial charge >= 0.3 is 0 Å². The average molecular weight is 284 g/mol. The summed E-state index contributed by atoms with van der Waals surface area (Å²) in [5.74, 6) is -0.119. The molecule has 1 amide bonds. The highest BCUT2D eigenvalue weighted by Gasteiger charge is 2.14. The van der Waals surface area contributed by atoms with Crippen molar-refractivity contribution in [1.82, 2.24) is 4.98 Å². The number of aromatic nitrogens is 1. The Bertz CT molecular complexity index is 725. The van der Waals surface area contributed by atoms with Crippen molar-refractivity contribution in [2.24, 2.45) is 0 Å². The number of amides is 1. The number of benzene rings is 1. The van der Waals surface area contributed by atoms with Crippen molar-refractivity contribution in [2.45, 2.75) is 13.8 Å². The fourth-order valence-corrected chi connectivity index (χ4v) is 2.88. The third-order valence-electron chi connectivity index (χ3n) is 2.80. The first kappa shape index (κ1) is 14.2. The van der Waals surface area contributed by atoms with Crippen LogP contribution in [0.4, 0.5) is 5.69 Å². The van der Waals surface area contributed by atoms with E-state index in [2.05, 4.69) is 23.5 Å². The highest BCUT2D eigenvalue weighted by atomic mass is 32.1. The van der Waals surface area contributed by atoms with E-state index in [0.717, 1.165) is 32.0 Å². The molecular formula is C16H16N2OS. The maximum absolute atomic E-state index is 11.5. The Morgan fingerprint density at radius 2 is 2.15 bits per heavy atom. The zero-order valence-corrected chi connectivity index (χ0v) is 12.4. The monoisotopic (exact) mass is 284 g/mol. The predicted molar refractivity (Wildman–Crippen MR) is 87.0 cm³/mol. The molecule has 0 atom stereocenters. The smallest absolute Gasteiger partial charge is 0.221 e. The predicted octanol–water partition coefficient (Wildman–Crippen LogP) is 4.32. The van der Waals surface area contributed by atoms with Gasteiger partial charge in [0, 0.05) is 12.5 Å². The molecule has 0 aliphatic heterocycles. The van der Waals surface area contributed by atoms with E-state index in [1.807, 2.05) is 25.1 Å². The van der Waals surface area contributed by atoms with Gasteiger partial charge in [-0.25, -0.2) is 4.98 Å². The topological polar surface area (TPSA) is 42.0 Å². The second kappa shape index (κ2) is 5.84. The molecule has 0 bridgehead atoms. The van der Waals surface area contributed by atoms with Crippen LogP contribution in [0.2, 0.25) is 0 Å². The van der Waals surface area contributed by atoms with Crippen LogP contribution in [0, 0.1) is 6.92 Å². The lowest BCUT2D eigenvalue weighted by Gasteiger charge is -2.11. The fourth-order valence-electron chi connectivity index (χ4n) is 2.04. The van der Waals surface area contributed by atoms with Crippen LogP contribution in [0.25, 0.3) is 15.8 Å². The molecule has 4 heteroatoms. The Kier molecular flexibility index (Phi) is 4.15. The first-order valence-electron chi connectivity index (χ1n) is 6.20. The summed E-state index contributed by atoms with van der Waals surface area (Å²) in [7, 11) is 0. The summed E-state index contributed by atoms with van der Waals surface area (Å²) in [6.07, 6.45) is 5.30. The van der Waals surface area contributed by atoms with E-state index >= 15 is 0 Å². The quantitative estimate of drug-likeness (QED) is 0.850. The van der Waals surface area contributed by atoms with Crippen molar-refractivity contribution in [2.75, 3.05) is 5.32 Å². The molecule has 0 unspecified atom stereocenters. The fraction of sp³-hybridized carbons (Fsp3) is 0.125. The standard InChI is InChI=1S/C16H16N2OS/c1-5-7-12(6-2)13-8-9-14-16(18-11(4)20-14)15(13)17-10(3)19/h5-9H,1-2H2,3-4H3,(H,17,19)/b12-7+. The summed E-state index contributed by atoms with van der Waals surface area (Å²) in [5, 5.41) is 3.85. The third kappa shape index (κ3) is 2.70. The molecule has 102 valence electrons. The van der Waals surface area contributed by atoms with E-state index in [1.165, 1.54) is 6.92 Å². The Morgan fingerprint density at radius 3 is 2.75 bits per heavy atom. The molecule has 0 aliphatic carbocycles. The molecule has 1 heterocycles. The lowest BCUT2D eigenvalue weighted by Crippen LogP contribution is -2.08. The van der Waals surface area contributed by atoms with Gasteiger partial charge in [0.1, 0.15) is 5.52 Å². The SMILES string of the molecule is C=C/C=C(\C=C)c1ccc2sc(C)nc2c1NC(C)=O. The number of thiazole rings is 1. The van der Waals surface area contributed by atoms with Gasteiger partial charge < -0.3 is 5.32 Å². The first-order valence-corrected chi connectivity index (χ1v) is 7.01. The molecule has 0 radical (unpaired) electrons. The molecule has 1 N–H and O–H groups in total. The number of aryl methyl sites for hydroxylation is 1. The number of carbonyl (C=O) groups is 1. The summed E-state index contributed by atoms with van der Waals surface area (Å²) in [5.41, 5.74) is 3.34. The number of fused-ring (bicyclic) bond motifs is 1. The normalized spacial score (nSPS) is 11.4. The number of nitrogens with one attached hydrogen (secondary N) is 1. The maximum atomic E-state index is 11.5. The lowest BCUT2D eigenvalue weighted by atomic mass is 10.0. The second-order valence-corrected chi connectivity index (χ2v) is 5.55. The molecule has 0 saturated heterocycles. The number of allylic oxidation sites excluding steroid dienone is 4. The van der Waals surface area contributed by atoms with Crippen molar-refractivity contribution < 1.29 is 4.79 Å². The van der Waals surface area contributed by atoms with Crippen molar-refractivity contribution in [3.05, 3.63) is 54.1 Å². The van der Waals surface area contributed by atoms with Gasteiger partial charge in [-0.3, -0.25) is 4.79 Å². The van der Waals surface area contributed by atoms with Crippen LogP contribution in [0.3, 0.4) is 0 Å². The molecule has 2 aromatic rings. The molecule has 1 aromatic carbocycles. The highest BCUT2D eigenvalue weighted by molar-refractivity contribution is 7.18. The van der Waals surface area contributed by atoms with Gasteiger partial charge in [0.15, 0.2) is 0 Å². The van der Waals surface area contributed by atoms with Crippen LogP contribution in [-0.2, 0) is 4.79 Å². The zero-order valence-electron chi connectivity index (χ0n) is 11.6. The second-order valence-electron chi connectivity index (χ2n) is 4.31. The van der Waals surface area contributed by atoms with Crippen LogP contribution in [0.5, 0.6) is 0 Å². The molecule has 3 nitrogen and oxygen atoms in total. The number of anilines is 1. The van der Waals surface area contributed by atoms with Crippen LogP contribution < -0.4 is 5.32 Å². The summed E-state index contributed by atoms with van der Waals surface area (Å²) in [4.78, 5) is 16.0. The molecular weight excluding hydrogens is 268 g/mol. The van der Waals surface area contributed by atoms with Crippen LogP contribution in [0.15, 0.2) is 43.5 Å². The van der Waals surface area contributed by atoms with E-state index in [-0.39, 0.29) is 5.91 Å². The van der Waals surface area contributed by atoms with E-state index in [9.17, 15) is 4.79 Å². The minimum atomic E-state index is -0.119. The lowest BCUT2D eigenvalue weighted by molar-refractivity contribution is -0.114. The van der Waals surface area contributed by atoms with Crippen LogP contribution >= 0.6 is 11.3 Å². The summed E-state index contributed by atoms with van der Waals surface area (Å²) in [6, 6.07) is 3.99. The molecule has 0 saturated carbocycles. The van der Waals surface area contributed by atoms with Gasteiger partial charge in [-0.2, -0.15) is 0 Å². The van der Waals surface area contributed by atoms with E-state index in [0.29, 0.717) is 0 Å². The number of hydrogen-bond donors (Lipinski definition) is 1. The first-order chi connectivity index (χ1) is 9.56. The molecule has 20 heavy (non-hydrogen) atoms. The van der Waals surface area contributed by atoms with Crippen LogP contribution in [0.1, 0.15) is 17.5 Å². The number of hydrogen-bond acceptors (Lipinski definition) is 3. The molecule has 1 aromatic heterocycles. The summed E-state index contributed by atoms with van der Waals surface area (Å²) >= 11 is 1.61. The Morgan fingerprint density at radius 1 is 1.40 bits per heavy atom. The van der Waals surface area contributed by atoms with Crippen molar-refractivity contribution in [3.8, 4) is 0 Å². The molecule has 0 aliphatic rings. The largest absolute Gasteiger partial charge is 0.324 e. The minimum Gasteiger partial charge on any atom is -0.324 e. The van der Waals surface area contributed by atoms with E-state index in [4.69, 9.17) is 0 Å². The Hall–Kier alpha value is -2.20. The van der Waals surface area contributed by atoms with Crippen molar-refractivity contribution in [3.63, 3.8) is 0 Å². The van der Waals surface area contributed by atoms with Gasteiger partial charge in [0.25, 0.3) is 0 Å². The van der Waals surface area contributed by atoms with Gasteiger partial charge in [0.2, 0.25) is 5.91 Å². The molecule has 2 rings (SSSR count). The van der Waals surface area contributed by atoms with Crippen LogP contribution in [-0.4, -0.2) is 10.9 Å². The highest BCUT2D eigenvalue weighted by Crippen LogP contribution is 2.34. The summed E-state index contributed by atoms with van der Waals surface area (Å²) < 4.78 is 1.05.